The van der Waals surface area contributed by atoms with Crippen LogP contribution >= 0.6 is 0 Å². The third-order valence-electron chi connectivity index (χ3n) is 2.90. The Labute approximate surface area is 123 Å². The van der Waals surface area contributed by atoms with Crippen molar-refractivity contribution in [1.82, 2.24) is 0 Å². The van der Waals surface area contributed by atoms with Gasteiger partial charge < -0.3 is 10.4 Å². The van der Waals surface area contributed by atoms with Crippen molar-refractivity contribution in [2.45, 2.75) is 30.3 Å². The number of nitrogens with zero attached hydrogens (tertiary/aromatic N) is 1. The highest BCUT2D eigenvalue weighted by Crippen LogP contribution is 2.35. The molecule has 10 heteroatoms. The summed E-state index contributed by atoms with van der Waals surface area (Å²) in [6.07, 6.45) is -4.68. The highest BCUT2D eigenvalue weighted by molar-refractivity contribution is 7.90. The van der Waals surface area contributed by atoms with Gasteiger partial charge in [-0.3, -0.25) is 4.79 Å². The molecule has 1 aromatic carbocycles. The van der Waals surface area contributed by atoms with Gasteiger partial charge in [-0.1, -0.05) is 0 Å². The largest absolute Gasteiger partial charge is 0.481 e. The number of sulfonamides is 1. The van der Waals surface area contributed by atoms with Gasteiger partial charge in [0.25, 0.3) is 10.0 Å². The molecule has 0 spiro atoms. The Morgan fingerprint density at radius 1 is 1.32 bits per heavy atom. The number of benzene rings is 1. The number of amidine groups is 1. The van der Waals surface area contributed by atoms with Crippen molar-refractivity contribution in [2.24, 2.45) is 4.40 Å². The Bertz CT molecular complexity index is 741. The van der Waals surface area contributed by atoms with Gasteiger partial charge in [0.1, 0.15) is 10.7 Å². The molecule has 1 heterocycles. The minimum Gasteiger partial charge on any atom is -0.481 e. The summed E-state index contributed by atoms with van der Waals surface area (Å²) in [5.41, 5.74) is -1.20. The van der Waals surface area contributed by atoms with E-state index in [4.69, 9.17) is 5.11 Å². The molecule has 0 aliphatic carbocycles. The number of carboxylic acids is 1. The van der Waals surface area contributed by atoms with Crippen LogP contribution in [-0.2, 0) is 21.0 Å². The summed E-state index contributed by atoms with van der Waals surface area (Å²) < 4.78 is 65.3. The Morgan fingerprint density at radius 2 is 2.00 bits per heavy atom. The fraction of sp³-hybridized carbons (Fsp3) is 0.333. The summed E-state index contributed by atoms with van der Waals surface area (Å²) in [5, 5.41) is 11.0. The predicted molar refractivity (Wildman–Crippen MR) is 71.2 cm³/mol. The lowest BCUT2D eigenvalue weighted by Crippen LogP contribution is -2.22. The minimum absolute atomic E-state index is 0.00121. The van der Waals surface area contributed by atoms with Crippen LogP contribution in [0.1, 0.15) is 24.8 Å². The lowest BCUT2D eigenvalue weighted by atomic mass is 10.1. The van der Waals surface area contributed by atoms with Gasteiger partial charge in [-0.15, -0.1) is 4.40 Å². The van der Waals surface area contributed by atoms with Crippen LogP contribution in [0.15, 0.2) is 27.5 Å². The van der Waals surface area contributed by atoms with E-state index in [9.17, 15) is 26.4 Å². The maximum Gasteiger partial charge on any atom is 0.416 e. The standard InChI is InChI=1S/C12H11F3N2O4S/c13-12(14,15)7-4-5-9-8(6-7)16-10(17-22(9,20)21)2-1-3-11(18)19/h4-6H,1-3H2,(H,16,17)(H,18,19). The highest BCUT2D eigenvalue weighted by atomic mass is 32.2. The number of aliphatic carboxylic acids is 1. The maximum absolute atomic E-state index is 12.7. The van der Waals surface area contributed by atoms with Gasteiger partial charge in [0.2, 0.25) is 0 Å². The number of carboxylic acid groups (broad SMARTS) is 1. The van der Waals surface area contributed by atoms with E-state index in [0.29, 0.717) is 12.1 Å². The lowest BCUT2D eigenvalue weighted by molar-refractivity contribution is -0.138. The summed E-state index contributed by atoms with van der Waals surface area (Å²) in [5.74, 6) is -1.13. The Balaban J connectivity index is 2.30. The number of hydrogen-bond donors (Lipinski definition) is 2. The molecule has 2 rings (SSSR count). The number of alkyl halides is 3. The van der Waals surface area contributed by atoms with E-state index in [1.165, 1.54) is 0 Å². The monoisotopic (exact) mass is 336 g/mol. The van der Waals surface area contributed by atoms with Gasteiger partial charge in [-0.2, -0.15) is 21.6 Å². The second-order valence-electron chi connectivity index (χ2n) is 4.59. The SMILES string of the molecule is O=C(O)CCCC1=NS(=O)(=O)c2ccc(C(F)(F)F)cc2N1. The van der Waals surface area contributed by atoms with Crippen LogP contribution in [0.2, 0.25) is 0 Å². The predicted octanol–water partition coefficient (Wildman–Crippen LogP) is 2.47. The molecule has 0 unspecified atom stereocenters. The fourth-order valence-corrected chi connectivity index (χ4v) is 3.07. The third kappa shape index (κ3) is 3.56. The molecule has 0 saturated heterocycles. The fourth-order valence-electron chi connectivity index (χ4n) is 1.92. The first kappa shape index (κ1) is 16.3. The zero-order chi connectivity index (χ0) is 16.5. The van der Waals surface area contributed by atoms with E-state index < -0.39 is 27.7 Å². The Hall–Kier alpha value is -2.10. The molecule has 0 bridgehead atoms. The number of nitrogens with one attached hydrogen (secondary N) is 1. The molecule has 0 radical (unpaired) electrons. The Morgan fingerprint density at radius 3 is 2.59 bits per heavy atom. The molecule has 2 N–H and O–H groups in total. The molecule has 1 aliphatic heterocycles. The zero-order valence-electron chi connectivity index (χ0n) is 11.0. The second kappa shape index (κ2) is 5.59. The van der Waals surface area contributed by atoms with Crippen molar-refractivity contribution in [2.75, 3.05) is 5.32 Å². The van der Waals surface area contributed by atoms with Crippen LogP contribution in [0.5, 0.6) is 0 Å². The van der Waals surface area contributed by atoms with E-state index in [2.05, 4.69) is 9.71 Å². The average Bonchev–Trinajstić information content (AvgIpc) is 2.35. The summed E-state index contributed by atoms with van der Waals surface area (Å²) in [6, 6.07) is 2.21. The maximum atomic E-state index is 12.7. The van der Waals surface area contributed by atoms with Crippen molar-refractivity contribution in [3.05, 3.63) is 23.8 Å². The smallest absolute Gasteiger partial charge is 0.416 e. The van der Waals surface area contributed by atoms with Gasteiger partial charge in [0, 0.05) is 12.8 Å². The first-order valence-corrected chi connectivity index (χ1v) is 7.57. The van der Waals surface area contributed by atoms with Crippen LogP contribution in [0.3, 0.4) is 0 Å². The first-order valence-electron chi connectivity index (χ1n) is 6.13. The summed E-state index contributed by atoms with van der Waals surface area (Å²) in [6.45, 7) is 0. The van der Waals surface area contributed by atoms with Gasteiger partial charge in [-0.05, 0) is 24.6 Å². The van der Waals surface area contributed by atoms with Gasteiger partial charge in [0.05, 0.1) is 11.3 Å². The van der Waals surface area contributed by atoms with Crippen LogP contribution in [0.25, 0.3) is 0 Å². The third-order valence-corrected chi connectivity index (χ3v) is 4.27. The van der Waals surface area contributed by atoms with Crippen molar-refractivity contribution in [3.63, 3.8) is 0 Å². The van der Waals surface area contributed by atoms with Crippen molar-refractivity contribution in [1.29, 1.82) is 0 Å². The number of hydrogen-bond acceptors (Lipinski definition) is 4. The van der Waals surface area contributed by atoms with E-state index in [1.54, 1.807) is 0 Å². The number of anilines is 1. The molecule has 6 nitrogen and oxygen atoms in total. The molecule has 0 atom stereocenters. The molecule has 22 heavy (non-hydrogen) atoms. The van der Waals surface area contributed by atoms with E-state index in [1.807, 2.05) is 0 Å². The summed E-state index contributed by atoms with van der Waals surface area (Å²) in [4.78, 5) is 10.1. The van der Waals surface area contributed by atoms with Crippen LogP contribution < -0.4 is 5.32 Å². The number of rotatable bonds is 4. The number of fused-ring (bicyclic) bond motifs is 1. The molecule has 1 aliphatic rings. The Kier molecular flexibility index (Phi) is 4.14. The molecule has 0 amide bonds. The van der Waals surface area contributed by atoms with E-state index >= 15 is 0 Å². The first-order chi connectivity index (χ1) is 10.1. The normalized spacial score (nSPS) is 16.4. The highest BCUT2D eigenvalue weighted by Gasteiger charge is 2.33. The molecular formula is C12H11F3N2O4S. The van der Waals surface area contributed by atoms with Crippen LogP contribution in [0.4, 0.5) is 18.9 Å². The molecule has 0 aromatic heterocycles. The van der Waals surface area contributed by atoms with Crippen molar-refractivity contribution in [3.8, 4) is 0 Å². The van der Waals surface area contributed by atoms with E-state index in [0.717, 1.165) is 6.07 Å². The molecular weight excluding hydrogens is 325 g/mol. The van der Waals surface area contributed by atoms with Crippen LogP contribution in [-0.4, -0.2) is 25.3 Å². The second-order valence-corrected chi connectivity index (χ2v) is 6.17. The zero-order valence-corrected chi connectivity index (χ0v) is 11.8. The molecule has 120 valence electrons. The van der Waals surface area contributed by atoms with E-state index in [-0.39, 0.29) is 35.7 Å². The minimum atomic E-state index is -4.60. The summed E-state index contributed by atoms with van der Waals surface area (Å²) >= 11 is 0. The summed E-state index contributed by atoms with van der Waals surface area (Å²) in [7, 11) is -4.09. The lowest BCUT2D eigenvalue weighted by Gasteiger charge is -2.19. The quantitative estimate of drug-likeness (QED) is 0.880. The van der Waals surface area contributed by atoms with Crippen LogP contribution in [0, 0.1) is 0 Å². The van der Waals surface area contributed by atoms with Crippen molar-refractivity contribution < 1.29 is 31.5 Å². The molecule has 1 aromatic rings. The molecule has 0 saturated carbocycles. The number of halogens is 3. The van der Waals surface area contributed by atoms with Gasteiger partial charge in [-0.25, -0.2) is 0 Å². The van der Waals surface area contributed by atoms with Gasteiger partial charge >= 0.3 is 12.1 Å². The topological polar surface area (TPSA) is 95.8 Å². The number of carbonyl (C=O) groups is 1. The molecule has 0 fully saturated rings. The average molecular weight is 336 g/mol. The van der Waals surface area contributed by atoms with Crippen molar-refractivity contribution >= 4 is 27.5 Å². The van der Waals surface area contributed by atoms with Gasteiger partial charge in [0.15, 0.2) is 0 Å².